The van der Waals surface area contributed by atoms with E-state index in [-0.39, 0.29) is 36.7 Å². The highest BCUT2D eigenvalue weighted by molar-refractivity contribution is 5.85. The molecular weight excluding hydrogens is 315 g/mol. The van der Waals surface area contributed by atoms with Gasteiger partial charge in [0.25, 0.3) is 0 Å². The van der Waals surface area contributed by atoms with Crippen LogP contribution in [0.1, 0.15) is 25.5 Å². The highest BCUT2D eigenvalue weighted by atomic mass is 35.5. The summed E-state index contributed by atoms with van der Waals surface area (Å²) in [5.74, 6) is -0.251. The maximum atomic E-state index is 13.0. The molecule has 0 saturated carbocycles. The molecule has 0 aliphatic rings. The van der Waals surface area contributed by atoms with E-state index in [1.165, 1.54) is 12.1 Å². The number of nitrogens with zero attached hydrogens (tertiary/aromatic N) is 1. The van der Waals surface area contributed by atoms with Crippen LogP contribution in [0.3, 0.4) is 0 Å². The van der Waals surface area contributed by atoms with E-state index in [1.54, 1.807) is 17.0 Å². The molecule has 2 aromatic rings. The second kappa shape index (κ2) is 9.16. The summed E-state index contributed by atoms with van der Waals surface area (Å²) in [7, 11) is 0. The van der Waals surface area contributed by atoms with E-state index in [0.717, 1.165) is 11.3 Å². The first kappa shape index (κ1) is 19.0. The Morgan fingerprint density at radius 2 is 1.74 bits per heavy atom. The molecule has 0 spiro atoms. The number of rotatable bonds is 6. The molecular formula is C18H22ClFN2O. The quantitative estimate of drug-likeness (QED) is 0.854. The van der Waals surface area contributed by atoms with E-state index in [1.807, 2.05) is 44.2 Å². The van der Waals surface area contributed by atoms with Crippen molar-refractivity contribution in [2.75, 3.05) is 18.4 Å². The zero-order chi connectivity index (χ0) is 15.9. The second-order valence-corrected chi connectivity index (χ2v) is 5.13. The standard InChI is InChI=1S/C18H21FN2O.ClH/c1-3-21(14(2)15-9-11-16(19)12-10-15)18(22)13-20-17-7-5-4-6-8-17;/h4-12,14,20H,3,13H2,1-2H3;1H. The SMILES string of the molecule is CCN(C(=O)CNc1ccccc1)C(C)c1ccc(F)cc1.Cl. The molecule has 1 unspecified atom stereocenters. The molecule has 124 valence electrons. The van der Waals surface area contributed by atoms with Gasteiger partial charge in [-0.05, 0) is 43.7 Å². The lowest BCUT2D eigenvalue weighted by molar-refractivity contribution is -0.131. The lowest BCUT2D eigenvalue weighted by atomic mass is 10.1. The Morgan fingerprint density at radius 1 is 1.13 bits per heavy atom. The van der Waals surface area contributed by atoms with Crippen molar-refractivity contribution in [2.45, 2.75) is 19.9 Å². The molecule has 2 aromatic carbocycles. The largest absolute Gasteiger partial charge is 0.376 e. The molecule has 5 heteroatoms. The predicted molar refractivity (Wildman–Crippen MR) is 94.4 cm³/mol. The average Bonchev–Trinajstić information content (AvgIpc) is 2.55. The number of halogens is 2. The fraction of sp³-hybridized carbons (Fsp3) is 0.278. The van der Waals surface area contributed by atoms with Gasteiger partial charge in [0.2, 0.25) is 5.91 Å². The molecule has 0 aliphatic carbocycles. The molecule has 23 heavy (non-hydrogen) atoms. The van der Waals surface area contributed by atoms with Gasteiger partial charge in [0, 0.05) is 12.2 Å². The van der Waals surface area contributed by atoms with Crippen LogP contribution in [0.4, 0.5) is 10.1 Å². The van der Waals surface area contributed by atoms with E-state index in [2.05, 4.69) is 5.32 Å². The highest BCUT2D eigenvalue weighted by Gasteiger charge is 2.19. The first-order chi connectivity index (χ1) is 10.6. The van der Waals surface area contributed by atoms with E-state index < -0.39 is 0 Å². The lowest BCUT2D eigenvalue weighted by Crippen LogP contribution is -2.37. The van der Waals surface area contributed by atoms with Crippen molar-refractivity contribution in [1.82, 2.24) is 4.90 Å². The molecule has 0 radical (unpaired) electrons. The average molecular weight is 337 g/mol. The third kappa shape index (κ3) is 5.25. The van der Waals surface area contributed by atoms with Crippen LogP contribution in [0.2, 0.25) is 0 Å². The third-order valence-electron chi connectivity index (χ3n) is 3.70. The van der Waals surface area contributed by atoms with Crippen LogP contribution in [0.5, 0.6) is 0 Å². The number of benzene rings is 2. The summed E-state index contributed by atoms with van der Waals surface area (Å²) in [5.41, 5.74) is 1.85. The number of anilines is 1. The van der Waals surface area contributed by atoms with Crippen molar-refractivity contribution in [3.63, 3.8) is 0 Å². The van der Waals surface area contributed by atoms with Crippen LogP contribution in [-0.4, -0.2) is 23.9 Å². The van der Waals surface area contributed by atoms with Crippen LogP contribution < -0.4 is 5.32 Å². The van der Waals surface area contributed by atoms with Gasteiger partial charge >= 0.3 is 0 Å². The Morgan fingerprint density at radius 3 is 2.30 bits per heavy atom. The first-order valence-corrected chi connectivity index (χ1v) is 7.45. The minimum absolute atomic E-state index is 0. The molecule has 0 bridgehead atoms. The zero-order valence-corrected chi connectivity index (χ0v) is 14.1. The van der Waals surface area contributed by atoms with Gasteiger partial charge in [-0.25, -0.2) is 4.39 Å². The number of amides is 1. The van der Waals surface area contributed by atoms with Gasteiger partial charge in [-0.15, -0.1) is 12.4 Å². The normalized spacial score (nSPS) is 11.3. The molecule has 0 heterocycles. The number of likely N-dealkylation sites (N-methyl/N-ethyl adjacent to an activating group) is 1. The van der Waals surface area contributed by atoms with Crippen LogP contribution in [-0.2, 0) is 4.79 Å². The lowest BCUT2D eigenvalue weighted by Gasteiger charge is -2.28. The van der Waals surface area contributed by atoms with Crippen molar-refractivity contribution >= 4 is 24.0 Å². The highest BCUT2D eigenvalue weighted by Crippen LogP contribution is 2.20. The summed E-state index contributed by atoms with van der Waals surface area (Å²) < 4.78 is 13.0. The Hall–Kier alpha value is -2.07. The maximum absolute atomic E-state index is 13.0. The molecule has 3 nitrogen and oxygen atoms in total. The van der Waals surface area contributed by atoms with Gasteiger partial charge < -0.3 is 10.2 Å². The van der Waals surface area contributed by atoms with Gasteiger partial charge in [-0.1, -0.05) is 30.3 Å². The Labute approximate surface area is 142 Å². The van der Waals surface area contributed by atoms with Gasteiger partial charge in [0.1, 0.15) is 5.82 Å². The monoisotopic (exact) mass is 336 g/mol. The fourth-order valence-corrected chi connectivity index (χ4v) is 2.42. The van der Waals surface area contributed by atoms with E-state index in [0.29, 0.717) is 6.54 Å². The Balaban J connectivity index is 0.00000264. The van der Waals surface area contributed by atoms with Gasteiger partial charge in [0.15, 0.2) is 0 Å². The summed E-state index contributed by atoms with van der Waals surface area (Å²) in [6.45, 7) is 4.74. The summed E-state index contributed by atoms with van der Waals surface area (Å²) in [6.07, 6.45) is 0. The van der Waals surface area contributed by atoms with Gasteiger partial charge in [0.05, 0.1) is 12.6 Å². The van der Waals surface area contributed by atoms with Crippen molar-refractivity contribution in [2.24, 2.45) is 0 Å². The zero-order valence-electron chi connectivity index (χ0n) is 13.3. The number of hydrogen-bond acceptors (Lipinski definition) is 2. The predicted octanol–water partition coefficient (Wildman–Crippen LogP) is 4.27. The molecule has 1 amide bonds. The van der Waals surface area contributed by atoms with E-state index in [4.69, 9.17) is 0 Å². The van der Waals surface area contributed by atoms with Crippen molar-refractivity contribution in [3.8, 4) is 0 Å². The summed E-state index contributed by atoms with van der Waals surface area (Å²) in [6, 6.07) is 15.8. The summed E-state index contributed by atoms with van der Waals surface area (Å²) in [4.78, 5) is 14.2. The number of para-hydroxylation sites is 1. The maximum Gasteiger partial charge on any atom is 0.242 e. The third-order valence-corrected chi connectivity index (χ3v) is 3.70. The smallest absolute Gasteiger partial charge is 0.242 e. The Bertz CT molecular complexity index is 604. The molecule has 0 saturated heterocycles. The van der Waals surface area contributed by atoms with E-state index in [9.17, 15) is 9.18 Å². The van der Waals surface area contributed by atoms with Crippen molar-refractivity contribution in [1.29, 1.82) is 0 Å². The number of hydrogen-bond donors (Lipinski definition) is 1. The van der Waals surface area contributed by atoms with E-state index >= 15 is 0 Å². The Kier molecular flexibility index (Phi) is 7.55. The van der Waals surface area contributed by atoms with Crippen LogP contribution in [0.15, 0.2) is 54.6 Å². The molecule has 1 N–H and O–H groups in total. The topological polar surface area (TPSA) is 32.3 Å². The molecule has 0 fully saturated rings. The number of carbonyl (C=O) groups excluding carboxylic acids is 1. The van der Waals surface area contributed by atoms with Gasteiger partial charge in [-0.3, -0.25) is 4.79 Å². The molecule has 0 aliphatic heterocycles. The fourth-order valence-electron chi connectivity index (χ4n) is 2.42. The van der Waals surface area contributed by atoms with Gasteiger partial charge in [-0.2, -0.15) is 0 Å². The van der Waals surface area contributed by atoms with Crippen LogP contribution in [0, 0.1) is 5.82 Å². The first-order valence-electron chi connectivity index (χ1n) is 7.45. The molecule has 2 rings (SSSR count). The molecule has 1 atom stereocenters. The van der Waals surface area contributed by atoms with Crippen molar-refractivity contribution in [3.05, 3.63) is 66.0 Å². The minimum Gasteiger partial charge on any atom is -0.376 e. The number of carbonyl (C=O) groups is 1. The van der Waals surface area contributed by atoms with Crippen LogP contribution in [0.25, 0.3) is 0 Å². The minimum atomic E-state index is -0.268. The second-order valence-electron chi connectivity index (χ2n) is 5.13. The number of nitrogens with one attached hydrogen (secondary N) is 1. The summed E-state index contributed by atoms with van der Waals surface area (Å²) in [5, 5.41) is 3.12. The van der Waals surface area contributed by atoms with Crippen molar-refractivity contribution < 1.29 is 9.18 Å². The summed E-state index contributed by atoms with van der Waals surface area (Å²) >= 11 is 0. The van der Waals surface area contributed by atoms with Crippen LogP contribution >= 0.6 is 12.4 Å². The molecule has 0 aromatic heterocycles.